The number of rotatable bonds is 7. The van der Waals surface area contributed by atoms with Gasteiger partial charge in [0, 0.05) is 24.0 Å². The molecule has 7 heteroatoms. The van der Waals surface area contributed by atoms with Crippen LogP contribution in [0.2, 0.25) is 0 Å². The Morgan fingerprint density at radius 1 is 1.38 bits per heavy atom. The van der Waals surface area contributed by atoms with Crippen LogP contribution in [0.1, 0.15) is 16.8 Å². The van der Waals surface area contributed by atoms with Crippen molar-refractivity contribution in [2.75, 3.05) is 12.4 Å². The van der Waals surface area contributed by atoms with Crippen LogP contribution in [0, 0.1) is 6.92 Å². The maximum Gasteiger partial charge on any atom is 0.229 e. The molecular weight excluding hydrogens is 335 g/mol. The van der Waals surface area contributed by atoms with Gasteiger partial charge < -0.3 is 10.1 Å². The first-order valence-corrected chi connectivity index (χ1v) is 7.72. The van der Waals surface area contributed by atoms with Gasteiger partial charge in [-0.15, -0.1) is 0 Å². The zero-order valence-electron chi connectivity index (χ0n) is 14.6. The number of carbonyl (C=O) groups is 1. The van der Waals surface area contributed by atoms with Crippen molar-refractivity contribution < 1.29 is 13.9 Å². The van der Waals surface area contributed by atoms with E-state index in [0.717, 1.165) is 17.2 Å². The Labute approximate surface area is 151 Å². The van der Waals surface area contributed by atoms with Crippen LogP contribution in [0.5, 0.6) is 0 Å². The fourth-order valence-corrected chi connectivity index (χ4v) is 2.20. The van der Waals surface area contributed by atoms with Crippen molar-refractivity contribution in [1.29, 1.82) is 0 Å². The van der Waals surface area contributed by atoms with E-state index in [1.165, 1.54) is 19.5 Å². The van der Waals surface area contributed by atoms with E-state index in [0.29, 0.717) is 11.3 Å². The van der Waals surface area contributed by atoms with Gasteiger partial charge in [-0.2, -0.15) is 0 Å². The SMILES string of the molecule is C=C(F)/C=C(\C(=C)OC)c1cc(NC(=O)Cc2ccncc2C)ncn1. The average molecular weight is 354 g/mol. The number of aryl methyl sites for hydroxylation is 1. The summed E-state index contributed by atoms with van der Waals surface area (Å²) >= 11 is 0. The molecule has 1 amide bonds. The molecule has 2 heterocycles. The number of pyridine rings is 1. The summed E-state index contributed by atoms with van der Waals surface area (Å²) in [5.41, 5.74) is 2.45. The zero-order chi connectivity index (χ0) is 19.1. The highest BCUT2D eigenvalue weighted by Gasteiger charge is 2.12. The molecule has 0 fully saturated rings. The number of anilines is 1. The van der Waals surface area contributed by atoms with E-state index in [9.17, 15) is 9.18 Å². The first kappa shape index (κ1) is 19.0. The summed E-state index contributed by atoms with van der Waals surface area (Å²) in [5.74, 6) is -0.413. The second kappa shape index (κ2) is 8.66. The Morgan fingerprint density at radius 3 is 2.81 bits per heavy atom. The largest absolute Gasteiger partial charge is 0.497 e. The molecule has 0 atom stereocenters. The number of halogens is 1. The van der Waals surface area contributed by atoms with Gasteiger partial charge >= 0.3 is 0 Å². The van der Waals surface area contributed by atoms with Gasteiger partial charge in [0.2, 0.25) is 5.91 Å². The van der Waals surface area contributed by atoms with Crippen LogP contribution in [-0.2, 0) is 16.0 Å². The minimum atomic E-state index is -0.671. The van der Waals surface area contributed by atoms with Crippen molar-refractivity contribution in [3.63, 3.8) is 0 Å². The lowest BCUT2D eigenvalue weighted by Crippen LogP contribution is -2.16. The van der Waals surface area contributed by atoms with Gasteiger partial charge in [-0.1, -0.05) is 13.2 Å². The topological polar surface area (TPSA) is 77.0 Å². The maximum atomic E-state index is 13.2. The number of allylic oxidation sites excluding steroid dienone is 3. The number of hydrogen-bond acceptors (Lipinski definition) is 5. The zero-order valence-corrected chi connectivity index (χ0v) is 14.6. The van der Waals surface area contributed by atoms with Crippen LogP contribution in [0.3, 0.4) is 0 Å². The van der Waals surface area contributed by atoms with Crippen LogP contribution in [0.25, 0.3) is 5.57 Å². The quantitative estimate of drug-likeness (QED) is 0.609. The molecule has 0 aromatic carbocycles. The number of hydrogen-bond donors (Lipinski definition) is 1. The summed E-state index contributed by atoms with van der Waals surface area (Å²) in [7, 11) is 1.41. The molecule has 134 valence electrons. The van der Waals surface area contributed by atoms with E-state index in [4.69, 9.17) is 4.74 Å². The third-order valence-corrected chi connectivity index (χ3v) is 3.55. The highest BCUT2D eigenvalue weighted by atomic mass is 19.1. The molecule has 1 N–H and O–H groups in total. The molecule has 2 aromatic rings. The van der Waals surface area contributed by atoms with E-state index in [2.05, 4.69) is 33.4 Å². The number of ether oxygens (including phenoxy) is 1. The van der Waals surface area contributed by atoms with Gasteiger partial charge in [0.05, 0.1) is 19.2 Å². The fraction of sp³-hybridized carbons (Fsp3) is 0.158. The summed E-state index contributed by atoms with van der Waals surface area (Å²) in [6, 6.07) is 3.30. The summed E-state index contributed by atoms with van der Waals surface area (Å²) in [6.45, 7) is 8.80. The minimum absolute atomic E-state index is 0.183. The van der Waals surface area contributed by atoms with Crippen LogP contribution in [0.15, 0.2) is 61.7 Å². The van der Waals surface area contributed by atoms with E-state index in [1.807, 2.05) is 6.92 Å². The normalized spacial score (nSPS) is 11.0. The van der Waals surface area contributed by atoms with Crippen LogP contribution < -0.4 is 5.32 Å². The van der Waals surface area contributed by atoms with Gasteiger partial charge in [-0.25, -0.2) is 14.4 Å². The van der Waals surface area contributed by atoms with Gasteiger partial charge in [-0.05, 0) is 30.2 Å². The summed E-state index contributed by atoms with van der Waals surface area (Å²) in [5, 5.41) is 2.70. The van der Waals surface area contributed by atoms with Crippen molar-refractivity contribution in [1.82, 2.24) is 15.0 Å². The predicted octanol–water partition coefficient (Wildman–Crippen LogP) is 3.39. The second-order valence-corrected chi connectivity index (χ2v) is 5.45. The molecule has 0 radical (unpaired) electrons. The third-order valence-electron chi connectivity index (χ3n) is 3.55. The number of amides is 1. The van der Waals surface area contributed by atoms with Gasteiger partial charge in [-0.3, -0.25) is 9.78 Å². The van der Waals surface area contributed by atoms with E-state index < -0.39 is 5.83 Å². The Hall–Kier alpha value is -3.35. The Balaban J connectivity index is 2.20. The standard InChI is InChI=1S/C19H19FN4O2/c1-12-10-21-6-5-15(12)8-19(25)24-18-9-17(22-11-23-18)16(7-13(2)20)14(3)26-4/h5-7,9-11H,2-3,8H2,1,4H3,(H,22,23,24,25)/b16-7+. The highest BCUT2D eigenvalue weighted by Crippen LogP contribution is 2.23. The lowest BCUT2D eigenvalue weighted by Gasteiger charge is -2.11. The first-order chi connectivity index (χ1) is 12.4. The third kappa shape index (κ3) is 5.07. The molecule has 0 aliphatic rings. The predicted molar refractivity (Wildman–Crippen MR) is 97.7 cm³/mol. The number of nitrogens with zero attached hydrogens (tertiary/aromatic N) is 3. The fourth-order valence-electron chi connectivity index (χ4n) is 2.20. The smallest absolute Gasteiger partial charge is 0.229 e. The number of carbonyl (C=O) groups excluding carboxylic acids is 1. The van der Waals surface area contributed by atoms with Gasteiger partial charge in [0.25, 0.3) is 0 Å². The summed E-state index contributed by atoms with van der Waals surface area (Å²) in [4.78, 5) is 24.4. The van der Waals surface area contributed by atoms with Crippen LogP contribution in [0.4, 0.5) is 10.2 Å². The van der Waals surface area contributed by atoms with Crippen molar-refractivity contribution in [2.45, 2.75) is 13.3 Å². The molecule has 0 saturated heterocycles. The number of methoxy groups -OCH3 is 1. The van der Waals surface area contributed by atoms with E-state index in [1.54, 1.807) is 18.5 Å². The molecule has 26 heavy (non-hydrogen) atoms. The monoisotopic (exact) mass is 354 g/mol. The van der Waals surface area contributed by atoms with Crippen LogP contribution in [-0.4, -0.2) is 28.0 Å². The lowest BCUT2D eigenvalue weighted by atomic mass is 10.1. The van der Waals surface area contributed by atoms with E-state index in [-0.39, 0.29) is 23.9 Å². The summed E-state index contributed by atoms with van der Waals surface area (Å²) in [6.07, 6.45) is 5.93. The average Bonchev–Trinajstić information content (AvgIpc) is 2.61. The number of nitrogens with one attached hydrogen (secondary N) is 1. The Bertz CT molecular complexity index is 877. The second-order valence-electron chi connectivity index (χ2n) is 5.45. The molecule has 0 unspecified atom stereocenters. The number of aromatic nitrogens is 3. The van der Waals surface area contributed by atoms with Crippen molar-refractivity contribution in [3.8, 4) is 0 Å². The molecule has 0 spiro atoms. The van der Waals surface area contributed by atoms with Crippen molar-refractivity contribution >= 4 is 17.3 Å². The molecule has 0 aliphatic carbocycles. The molecule has 2 rings (SSSR count). The molecule has 0 saturated carbocycles. The molecule has 0 aliphatic heterocycles. The lowest BCUT2D eigenvalue weighted by molar-refractivity contribution is -0.115. The van der Waals surface area contributed by atoms with Crippen LogP contribution >= 0.6 is 0 Å². The highest BCUT2D eigenvalue weighted by molar-refractivity contribution is 5.92. The minimum Gasteiger partial charge on any atom is -0.497 e. The first-order valence-electron chi connectivity index (χ1n) is 7.72. The maximum absolute atomic E-state index is 13.2. The molecular formula is C19H19FN4O2. The van der Waals surface area contributed by atoms with Crippen molar-refractivity contribution in [3.05, 3.63) is 78.5 Å². The molecule has 0 bridgehead atoms. The molecule has 6 nitrogen and oxygen atoms in total. The van der Waals surface area contributed by atoms with Gasteiger partial charge in [0.15, 0.2) is 0 Å². The summed E-state index contributed by atoms with van der Waals surface area (Å²) < 4.78 is 18.3. The van der Waals surface area contributed by atoms with E-state index >= 15 is 0 Å². The Kier molecular flexibility index (Phi) is 6.32. The Morgan fingerprint density at radius 2 is 2.15 bits per heavy atom. The van der Waals surface area contributed by atoms with Crippen molar-refractivity contribution in [2.24, 2.45) is 0 Å². The van der Waals surface area contributed by atoms with Gasteiger partial charge in [0.1, 0.15) is 23.7 Å². The molecule has 2 aromatic heterocycles.